The van der Waals surface area contributed by atoms with Gasteiger partial charge in [0.05, 0.1) is 0 Å². The number of hydrogen-bond donors (Lipinski definition) is 1. The van der Waals surface area contributed by atoms with Crippen LogP contribution in [0.2, 0.25) is 0 Å². The van der Waals surface area contributed by atoms with Gasteiger partial charge in [0.25, 0.3) is 0 Å². The maximum atomic E-state index is 3.88. The van der Waals surface area contributed by atoms with Crippen LogP contribution in [0.1, 0.15) is 51.9 Å². The van der Waals surface area contributed by atoms with Crippen LogP contribution >= 0.6 is 0 Å². The monoisotopic (exact) mass is 207 g/mol. The maximum absolute atomic E-state index is 3.88. The average molecular weight is 207 g/mol. The van der Waals surface area contributed by atoms with Crippen molar-refractivity contribution in [3.8, 4) is 0 Å². The fourth-order valence-corrected chi connectivity index (χ4v) is 3.48. The van der Waals surface area contributed by atoms with Crippen molar-refractivity contribution < 1.29 is 0 Å². The fourth-order valence-electron chi connectivity index (χ4n) is 3.48. The lowest BCUT2D eigenvalue weighted by Gasteiger charge is -2.28. The van der Waals surface area contributed by atoms with E-state index in [0.717, 1.165) is 30.3 Å². The van der Waals surface area contributed by atoms with Crippen LogP contribution in [0.4, 0.5) is 0 Å². The molecule has 0 aromatic rings. The van der Waals surface area contributed by atoms with Crippen molar-refractivity contribution in [1.29, 1.82) is 0 Å². The van der Waals surface area contributed by atoms with E-state index in [2.05, 4.69) is 18.8 Å². The Bertz CT molecular complexity index is 211. The third-order valence-corrected chi connectivity index (χ3v) is 4.40. The molecule has 1 nitrogen and oxygen atoms in total. The molecule has 2 aliphatic carbocycles. The highest BCUT2D eigenvalue weighted by atomic mass is 15.0. The largest absolute Gasteiger partial charge is 0.311 e. The van der Waals surface area contributed by atoms with Gasteiger partial charge in [-0.15, -0.1) is 6.58 Å². The quantitative estimate of drug-likeness (QED) is 0.657. The highest BCUT2D eigenvalue weighted by Crippen LogP contribution is 2.44. The molecule has 2 bridgehead atoms. The molecular formula is C14H25N. The van der Waals surface area contributed by atoms with E-state index in [1.807, 2.05) is 6.08 Å². The lowest BCUT2D eigenvalue weighted by Crippen LogP contribution is -2.41. The van der Waals surface area contributed by atoms with E-state index >= 15 is 0 Å². The Morgan fingerprint density at radius 3 is 2.80 bits per heavy atom. The van der Waals surface area contributed by atoms with E-state index in [9.17, 15) is 0 Å². The molecule has 0 aliphatic heterocycles. The van der Waals surface area contributed by atoms with Gasteiger partial charge in [0.15, 0.2) is 0 Å². The first-order valence-corrected chi connectivity index (χ1v) is 6.70. The van der Waals surface area contributed by atoms with Gasteiger partial charge in [-0.25, -0.2) is 0 Å². The molecule has 1 N–H and O–H groups in total. The molecule has 4 unspecified atom stereocenters. The van der Waals surface area contributed by atoms with Gasteiger partial charge in [-0.3, -0.25) is 0 Å². The molecule has 0 aromatic heterocycles. The van der Waals surface area contributed by atoms with Gasteiger partial charge < -0.3 is 5.32 Å². The Labute approximate surface area is 94.3 Å². The van der Waals surface area contributed by atoms with Crippen molar-refractivity contribution in [3.63, 3.8) is 0 Å². The highest BCUT2D eigenvalue weighted by molar-refractivity contribution is 4.95. The standard InChI is InChI=1S/C14H25N/c1-3-5-6-13(4-2)15-14-10-11-7-8-12(14)9-11/h3,11-15H,1,4-10H2,2H3. The summed E-state index contributed by atoms with van der Waals surface area (Å²) in [5, 5.41) is 3.88. The second-order valence-corrected chi connectivity index (χ2v) is 5.42. The summed E-state index contributed by atoms with van der Waals surface area (Å²) in [7, 11) is 0. The van der Waals surface area contributed by atoms with Crippen molar-refractivity contribution in [3.05, 3.63) is 12.7 Å². The Morgan fingerprint density at radius 1 is 1.40 bits per heavy atom. The van der Waals surface area contributed by atoms with Gasteiger partial charge >= 0.3 is 0 Å². The highest BCUT2D eigenvalue weighted by Gasteiger charge is 2.39. The summed E-state index contributed by atoms with van der Waals surface area (Å²) >= 11 is 0. The average Bonchev–Trinajstić information content (AvgIpc) is 2.85. The van der Waals surface area contributed by atoms with Crippen molar-refractivity contribution in [2.45, 2.75) is 64.0 Å². The molecule has 0 heterocycles. The van der Waals surface area contributed by atoms with E-state index in [0.29, 0.717) is 0 Å². The normalized spacial score (nSPS) is 35.7. The smallest absolute Gasteiger partial charge is 0.0101 e. The molecule has 0 amide bonds. The summed E-state index contributed by atoms with van der Waals surface area (Å²) in [4.78, 5) is 0. The van der Waals surface area contributed by atoms with Crippen LogP contribution in [-0.4, -0.2) is 12.1 Å². The number of rotatable bonds is 6. The van der Waals surface area contributed by atoms with Crippen molar-refractivity contribution in [1.82, 2.24) is 5.32 Å². The third kappa shape index (κ3) is 2.63. The summed E-state index contributed by atoms with van der Waals surface area (Å²) in [6.07, 6.45) is 11.7. The Kier molecular flexibility index (Phi) is 3.85. The van der Waals surface area contributed by atoms with E-state index in [1.165, 1.54) is 38.5 Å². The molecule has 1 heteroatoms. The third-order valence-electron chi connectivity index (χ3n) is 4.40. The Hall–Kier alpha value is -0.300. The summed E-state index contributed by atoms with van der Waals surface area (Å²) in [5.41, 5.74) is 0. The summed E-state index contributed by atoms with van der Waals surface area (Å²) in [6, 6.07) is 1.57. The number of nitrogens with one attached hydrogen (secondary N) is 1. The molecule has 0 radical (unpaired) electrons. The zero-order chi connectivity index (χ0) is 10.7. The molecule has 2 rings (SSSR count). The van der Waals surface area contributed by atoms with E-state index in [1.54, 1.807) is 0 Å². The minimum absolute atomic E-state index is 0.729. The van der Waals surface area contributed by atoms with Crippen LogP contribution in [0.5, 0.6) is 0 Å². The predicted octanol–water partition coefficient (Wildman–Crippen LogP) is 3.51. The topological polar surface area (TPSA) is 12.0 Å². The van der Waals surface area contributed by atoms with Gasteiger partial charge in [0.2, 0.25) is 0 Å². The molecule has 0 aromatic carbocycles. The van der Waals surface area contributed by atoms with Crippen molar-refractivity contribution >= 4 is 0 Å². The van der Waals surface area contributed by atoms with Crippen LogP contribution in [0.15, 0.2) is 12.7 Å². The first-order valence-electron chi connectivity index (χ1n) is 6.70. The predicted molar refractivity (Wildman–Crippen MR) is 65.9 cm³/mol. The van der Waals surface area contributed by atoms with Crippen LogP contribution in [-0.2, 0) is 0 Å². The zero-order valence-corrected chi connectivity index (χ0v) is 10.0. The molecule has 0 spiro atoms. The van der Waals surface area contributed by atoms with Gasteiger partial charge in [0.1, 0.15) is 0 Å². The summed E-state index contributed by atoms with van der Waals surface area (Å²) < 4.78 is 0. The van der Waals surface area contributed by atoms with Crippen LogP contribution in [0.25, 0.3) is 0 Å². The molecular weight excluding hydrogens is 182 g/mol. The van der Waals surface area contributed by atoms with Gasteiger partial charge in [-0.1, -0.05) is 19.4 Å². The number of hydrogen-bond acceptors (Lipinski definition) is 1. The first kappa shape index (κ1) is 11.2. The molecule has 15 heavy (non-hydrogen) atoms. The van der Waals surface area contributed by atoms with Crippen molar-refractivity contribution in [2.75, 3.05) is 0 Å². The molecule has 2 aliphatic rings. The minimum atomic E-state index is 0.729. The second kappa shape index (κ2) is 5.16. The molecule has 4 atom stereocenters. The minimum Gasteiger partial charge on any atom is -0.311 e. The fraction of sp³-hybridized carbons (Fsp3) is 0.857. The number of allylic oxidation sites excluding steroid dienone is 1. The van der Waals surface area contributed by atoms with E-state index in [-0.39, 0.29) is 0 Å². The summed E-state index contributed by atoms with van der Waals surface area (Å²) in [5.74, 6) is 2.07. The van der Waals surface area contributed by atoms with E-state index < -0.39 is 0 Å². The lowest BCUT2D eigenvalue weighted by molar-refractivity contribution is 0.306. The van der Waals surface area contributed by atoms with Gasteiger partial charge in [-0.05, 0) is 50.4 Å². The van der Waals surface area contributed by atoms with Crippen LogP contribution in [0.3, 0.4) is 0 Å². The Balaban J connectivity index is 1.77. The second-order valence-electron chi connectivity index (χ2n) is 5.42. The van der Waals surface area contributed by atoms with Gasteiger partial charge in [0, 0.05) is 12.1 Å². The van der Waals surface area contributed by atoms with E-state index in [4.69, 9.17) is 0 Å². The molecule has 0 saturated heterocycles. The van der Waals surface area contributed by atoms with Crippen LogP contribution < -0.4 is 5.32 Å². The molecule has 2 fully saturated rings. The molecule has 86 valence electrons. The number of fused-ring (bicyclic) bond motifs is 2. The lowest BCUT2D eigenvalue weighted by atomic mass is 9.94. The van der Waals surface area contributed by atoms with Crippen LogP contribution in [0, 0.1) is 11.8 Å². The SMILES string of the molecule is C=CCCC(CC)NC1CC2CCC1C2. The Morgan fingerprint density at radius 2 is 2.27 bits per heavy atom. The van der Waals surface area contributed by atoms with Gasteiger partial charge in [-0.2, -0.15) is 0 Å². The first-order chi connectivity index (χ1) is 7.33. The maximum Gasteiger partial charge on any atom is 0.0101 e. The summed E-state index contributed by atoms with van der Waals surface area (Å²) in [6.45, 7) is 6.11. The van der Waals surface area contributed by atoms with Crippen molar-refractivity contribution in [2.24, 2.45) is 11.8 Å². The zero-order valence-electron chi connectivity index (χ0n) is 10.0. The molecule has 2 saturated carbocycles.